The van der Waals surface area contributed by atoms with Gasteiger partial charge in [0.1, 0.15) is 0 Å². The minimum atomic E-state index is 1.04. The van der Waals surface area contributed by atoms with Crippen LogP contribution >= 0.6 is 0 Å². The summed E-state index contributed by atoms with van der Waals surface area (Å²) in [6, 6.07) is 39.3. The molecule has 0 spiro atoms. The van der Waals surface area contributed by atoms with Gasteiger partial charge in [0.25, 0.3) is 0 Å². The van der Waals surface area contributed by atoms with Crippen LogP contribution in [0.3, 0.4) is 0 Å². The van der Waals surface area contributed by atoms with Crippen LogP contribution in [0.25, 0.3) is 5.57 Å². The lowest BCUT2D eigenvalue weighted by atomic mass is 9.95. The third kappa shape index (κ3) is 4.68. The van der Waals surface area contributed by atoms with E-state index >= 15 is 0 Å². The van der Waals surface area contributed by atoms with Crippen LogP contribution in [0.4, 0.5) is 11.4 Å². The van der Waals surface area contributed by atoms with Gasteiger partial charge >= 0.3 is 0 Å². The number of hydrogen-bond donors (Lipinski definition) is 0. The molecule has 0 saturated heterocycles. The van der Waals surface area contributed by atoms with Gasteiger partial charge in [-0.25, -0.2) is 0 Å². The van der Waals surface area contributed by atoms with Gasteiger partial charge in [-0.05, 0) is 66.3 Å². The van der Waals surface area contributed by atoms with Crippen molar-refractivity contribution in [2.45, 2.75) is 33.6 Å². The van der Waals surface area contributed by atoms with Gasteiger partial charge in [-0.2, -0.15) is 0 Å². The fraction of sp³-hybridized carbons (Fsp3) is 0.161. The Hall–Kier alpha value is -3.58. The van der Waals surface area contributed by atoms with Gasteiger partial charge < -0.3 is 4.90 Å². The minimum absolute atomic E-state index is 1.04. The summed E-state index contributed by atoms with van der Waals surface area (Å²) < 4.78 is 0. The summed E-state index contributed by atoms with van der Waals surface area (Å²) in [5, 5.41) is 0. The van der Waals surface area contributed by atoms with Crippen molar-refractivity contribution in [3.8, 4) is 0 Å². The summed E-state index contributed by atoms with van der Waals surface area (Å²) in [5.74, 6) is 0. The van der Waals surface area contributed by atoms with Crippen molar-refractivity contribution >= 4 is 16.9 Å². The van der Waals surface area contributed by atoms with Gasteiger partial charge in [0.2, 0.25) is 0 Å². The zero-order valence-electron chi connectivity index (χ0n) is 19.3. The molecule has 0 fully saturated rings. The van der Waals surface area contributed by atoms with Crippen molar-refractivity contribution in [3.63, 3.8) is 0 Å². The van der Waals surface area contributed by atoms with E-state index < -0.39 is 0 Å². The van der Waals surface area contributed by atoms with Crippen LogP contribution in [0.5, 0.6) is 0 Å². The lowest BCUT2D eigenvalue weighted by Crippen LogP contribution is -2.16. The first kappa shape index (κ1) is 21.6. The van der Waals surface area contributed by atoms with Crippen LogP contribution in [0.1, 0.15) is 43.0 Å². The van der Waals surface area contributed by atoms with Crippen molar-refractivity contribution in [3.05, 3.63) is 137 Å². The fourth-order valence-corrected chi connectivity index (χ4v) is 4.20. The highest BCUT2D eigenvalue weighted by Gasteiger charge is 2.18. The molecule has 0 aromatic heterocycles. The molecule has 0 saturated carbocycles. The van der Waals surface area contributed by atoms with E-state index in [0.29, 0.717) is 0 Å². The lowest BCUT2D eigenvalue weighted by Gasteiger charge is -2.29. The summed E-state index contributed by atoms with van der Waals surface area (Å²) >= 11 is 0. The molecule has 32 heavy (non-hydrogen) atoms. The molecule has 0 N–H and O–H groups in total. The summed E-state index contributed by atoms with van der Waals surface area (Å²) in [5.41, 5.74) is 9.93. The van der Waals surface area contributed by atoms with E-state index in [1.807, 2.05) is 0 Å². The van der Waals surface area contributed by atoms with E-state index in [9.17, 15) is 0 Å². The molecular formula is C31H31N. The maximum Gasteiger partial charge on any atom is 0.0458 e. The molecule has 4 aromatic rings. The number of rotatable bonds is 7. The highest BCUT2D eigenvalue weighted by molar-refractivity contribution is 5.86. The first-order valence-electron chi connectivity index (χ1n) is 11.5. The van der Waals surface area contributed by atoms with Crippen LogP contribution in [0.15, 0.2) is 115 Å². The van der Waals surface area contributed by atoms with Crippen LogP contribution in [-0.2, 0) is 12.8 Å². The molecule has 1 nitrogen and oxygen atoms in total. The molecule has 0 aliphatic carbocycles. The number of nitrogens with zero attached hydrogens (tertiary/aromatic N) is 1. The zero-order valence-corrected chi connectivity index (χ0v) is 19.3. The quantitative estimate of drug-likeness (QED) is 0.292. The zero-order chi connectivity index (χ0) is 22.3. The number of aryl methyl sites for hydroxylation is 2. The van der Waals surface area contributed by atoms with Crippen molar-refractivity contribution in [1.29, 1.82) is 0 Å². The van der Waals surface area contributed by atoms with E-state index in [-0.39, 0.29) is 0 Å². The van der Waals surface area contributed by atoms with E-state index in [1.54, 1.807) is 0 Å². The number of benzene rings is 4. The summed E-state index contributed by atoms with van der Waals surface area (Å²) in [6.07, 6.45) is 2.08. The molecule has 0 unspecified atom stereocenters. The predicted octanol–water partition coefficient (Wildman–Crippen LogP) is 8.43. The van der Waals surface area contributed by atoms with E-state index in [2.05, 4.69) is 135 Å². The fourth-order valence-electron chi connectivity index (χ4n) is 4.20. The second kappa shape index (κ2) is 10.2. The van der Waals surface area contributed by atoms with E-state index in [4.69, 9.17) is 0 Å². The molecule has 4 rings (SSSR count). The molecule has 0 aliphatic rings. The van der Waals surface area contributed by atoms with Gasteiger partial charge in [-0.3, -0.25) is 0 Å². The summed E-state index contributed by atoms with van der Waals surface area (Å²) in [4.78, 5) is 2.38. The molecule has 0 amide bonds. The minimum Gasteiger partial charge on any atom is -0.314 e. The largest absolute Gasteiger partial charge is 0.314 e. The molecule has 0 bridgehead atoms. The molecule has 4 aromatic carbocycles. The van der Waals surface area contributed by atoms with Crippen molar-refractivity contribution in [2.24, 2.45) is 0 Å². The second-order valence-corrected chi connectivity index (χ2v) is 8.07. The molecule has 0 atom stereocenters. The molecule has 0 radical (unpaired) electrons. The number of hydrogen-bond acceptors (Lipinski definition) is 1. The van der Waals surface area contributed by atoms with Gasteiger partial charge in [0.15, 0.2) is 0 Å². The normalized spacial score (nSPS) is 10.6. The number of anilines is 2. The maximum atomic E-state index is 2.38. The smallest absolute Gasteiger partial charge is 0.0458 e. The van der Waals surface area contributed by atoms with E-state index in [1.165, 1.54) is 44.9 Å². The molecule has 160 valence electrons. The lowest BCUT2D eigenvalue weighted by molar-refractivity contribution is 1.11. The number of allylic oxidation sites excluding steroid dienone is 1. The predicted molar refractivity (Wildman–Crippen MR) is 138 cm³/mol. The van der Waals surface area contributed by atoms with Gasteiger partial charge in [0, 0.05) is 22.6 Å². The molecule has 0 heterocycles. The molecular weight excluding hydrogens is 386 g/mol. The second-order valence-electron chi connectivity index (χ2n) is 8.07. The van der Waals surface area contributed by atoms with Crippen LogP contribution in [0, 0.1) is 0 Å². The Kier molecular flexibility index (Phi) is 6.87. The first-order valence-corrected chi connectivity index (χ1v) is 11.5. The third-order valence-electron chi connectivity index (χ3n) is 6.03. The third-order valence-corrected chi connectivity index (χ3v) is 6.03. The Morgan fingerprint density at radius 1 is 0.531 bits per heavy atom. The Morgan fingerprint density at radius 2 is 0.906 bits per heavy atom. The van der Waals surface area contributed by atoms with Gasteiger partial charge in [0.05, 0.1) is 0 Å². The van der Waals surface area contributed by atoms with Crippen LogP contribution in [0.2, 0.25) is 0 Å². The topological polar surface area (TPSA) is 3.24 Å². The first-order chi connectivity index (χ1) is 15.7. The van der Waals surface area contributed by atoms with Crippen molar-refractivity contribution < 1.29 is 0 Å². The SMILES string of the molecule is CCc1ccc(N(C(C)=C(c2ccccc2)c2ccccc2)c2ccc(CC)cc2)cc1. The summed E-state index contributed by atoms with van der Waals surface area (Å²) in [6.45, 7) is 6.63. The Labute approximate surface area is 192 Å². The Bertz CT molecular complexity index is 1070. The van der Waals surface area contributed by atoms with Gasteiger partial charge in [-0.1, -0.05) is 98.8 Å². The highest BCUT2D eigenvalue weighted by Crippen LogP contribution is 2.36. The molecule has 1 heteroatoms. The van der Waals surface area contributed by atoms with Crippen LogP contribution in [-0.4, -0.2) is 0 Å². The Morgan fingerprint density at radius 3 is 1.25 bits per heavy atom. The molecule has 0 aliphatic heterocycles. The average molecular weight is 418 g/mol. The maximum absolute atomic E-state index is 2.38. The van der Waals surface area contributed by atoms with Crippen molar-refractivity contribution in [2.75, 3.05) is 4.90 Å². The average Bonchev–Trinajstić information content (AvgIpc) is 2.86. The monoisotopic (exact) mass is 417 g/mol. The summed E-state index contributed by atoms with van der Waals surface area (Å²) in [7, 11) is 0. The highest BCUT2D eigenvalue weighted by atomic mass is 15.1. The van der Waals surface area contributed by atoms with Crippen LogP contribution < -0.4 is 4.90 Å². The van der Waals surface area contributed by atoms with E-state index in [0.717, 1.165) is 12.8 Å². The van der Waals surface area contributed by atoms with Crippen molar-refractivity contribution in [1.82, 2.24) is 0 Å². The standard InChI is InChI=1S/C31H31N/c1-4-25-16-20-29(21-17-25)32(30-22-18-26(5-2)19-23-30)24(3)31(27-12-8-6-9-13-27)28-14-10-7-11-15-28/h6-23H,4-5H2,1-3H3. The van der Waals surface area contributed by atoms with Gasteiger partial charge in [-0.15, -0.1) is 0 Å². The Balaban J connectivity index is 1.94.